The summed E-state index contributed by atoms with van der Waals surface area (Å²) >= 11 is 5.91. The van der Waals surface area contributed by atoms with Gasteiger partial charge in [-0.1, -0.05) is 72.3 Å². The van der Waals surface area contributed by atoms with E-state index >= 15 is 0 Å². The zero-order valence-electron chi connectivity index (χ0n) is 15.6. The quantitative estimate of drug-likeness (QED) is 0.592. The predicted octanol–water partition coefficient (Wildman–Crippen LogP) is 3.80. The van der Waals surface area contributed by atoms with Crippen molar-refractivity contribution in [2.24, 2.45) is 5.73 Å². The van der Waals surface area contributed by atoms with E-state index in [0.29, 0.717) is 17.0 Å². The van der Waals surface area contributed by atoms with Crippen LogP contribution in [-0.4, -0.2) is 25.2 Å². The van der Waals surface area contributed by atoms with Crippen LogP contribution in [0.4, 0.5) is 0 Å². The van der Waals surface area contributed by atoms with E-state index in [1.165, 1.54) is 28.6 Å². The van der Waals surface area contributed by atoms with Crippen LogP contribution < -0.4 is 5.73 Å². The number of sulfonamides is 1. The van der Waals surface area contributed by atoms with Gasteiger partial charge in [-0.25, -0.2) is 8.42 Å². The van der Waals surface area contributed by atoms with E-state index in [9.17, 15) is 13.2 Å². The molecule has 150 valence electrons. The summed E-state index contributed by atoms with van der Waals surface area (Å²) < 4.78 is 28.1. The van der Waals surface area contributed by atoms with Crippen LogP contribution in [0.25, 0.3) is 0 Å². The van der Waals surface area contributed by atoms with Crippen LogP contribution in [0.2, 0.25) is 5.02 Å². The third-order valence-corrected chi connectivity index (χ3v) is 6.69. The second-order valence-corrected chi connectivity index (χ2v) is 8.85. The van der Waals surface area contributed by atoms with Crippen molar-refractivity contribution in [1.29, 1.82) is 0 Å². The van der Waals surface area contributed by atoms with Gasteiger partial charge < -0.3 is 5.73 Å². The molecule has 0 aliphatic carbocycles. The average molecular weight is 429 g/mol. The van der Waals surface area contributed by atoms with Crippen LogP contribution in [-0.2, 0) is 21.2 Å². The van der Waals surface area contributed by atoms with Crippen molar-refractivity contribution in [3.8, 4) is 0 Å². The molecule has 0 aliphatic rings. The molecule has 3 aromatic rings. The molecule has 5 nitrogen and oxygen atoms in total. The van der Waals surface area contributed by atoms with Gasteiger partial charge in [-0.3, -0.25) is 4.79 Å². The minimum Gasteiger partial charge on any atom is -0.368 e. The van der Waals surface area contributed by atoms with Gasteiger partial charge in [0.2, 0.25) is 15.9 Å². The number of hydrogen-bond donors (Lipinski definition) is 1. The highest BCUT2D eigenvalue weighted by molar-refractivity contribution is 7.89. The van der Waals surface area contributed by atoms with Crippen LogP contribution >= 0.6 is 11.6 Å². The van der Waals surface area contributed by atoms with Gasteiger partial charge in [0.15, 0.2) is 0 Å². The van der Waals surface area contributed by atoms with Gasteiger partial charge >= 0.3 is 0 Å². The third-order valence-electron chi connectivity index (χ3n) is 4.56. The highest BCUT2D eigenvalue weighted by Gasteiger charge is 2.35. The Kier molecular flexibility index (Phi) is 6.69. The van der Waals surface area contributed by atoms with Crippen LogP contribution in [0.3, 0.4) is 0 Å². The smallest absolute Gasteiger partial charge is 0.244 e. The Bertz CT molecular complexity index is 1060. The Hall–Kier alpha value is -2.67. The predicted molar refractivity (Wildman–Crippen MR) is 114 cm³/mol. The van der Waals surface area contributed by atoms with Crippen molar-refractivity contribution in [1.82, 2.24) is 4.31 Å². The highest BCUT2D eigenvalue weighted by Crippen LogP contribution is 2.29. The molecule has 29 heavy (non-hydrogen) atoms. The topological polar surface area (TPSA) is 80.5 Å². The second-order valence-electron chi connectivity index (χ2n) is 6.52. The van der Waals surface area contributed by atoms with Crippen molar-refractivity contribution in [3.05, 3.63) is 101 Å². The number of rotatable bonds is 8. The first-order valence-corrected chi connectivity index (χ1v) is 10.9. The Morgan fingerprint density at radius 2 is 1.45 bits per heavy atom. The fourth-order valence-corrected chi connectivity index (χ4v) is 4.83. The van der Waals surface area contributed by atoms with Crippen LogP contribution in [0.15, 0.2) is 89.8 Å². The lowest BCUT2D eigenvalue weighted by Gasteiger charge is -2.29. The fraction of sp³-hybridized carbons (Fsp3) is 0.136. The fourth-order valence-electron chi connectivity index (χ4n) is 3.12. The first-order chi connectivity index (χ1) is 13.9. The standard InChI is InChI=1S/C22H21ClN2O3S/c23-19-11-13-20(14-12-19)29(27,28)25(16-15-17-7-3-1-4-8-17)21(22(24)26)18-9-5-2-6-10-18/h1-14,21H,15-16H2,(H2,24,26)/t21-/m1/s1. The van der Waals surface area contributed by atoms with Crippen LogP contribution in [0.1, 0.15) is 17.2 Å². The summed E-state index contributed by atoms with van der Waals surface area (Å²) in [6.45, 7) is 0.0947. The Balaban J connectivity index is 2.04. The molecule has 0 saturated heterocycles. The van der Waals surface area contributed by atoms with Gasteiger partial charge in [0.05, 0.1) is 4.90 Å². The Labute approximate surface area is 175 Å². The summed E-state index contributed by atoms with van der Waals surface area (Å²) in [6, 6.07) is 22.9. The average Bonchev–Trinajstić information content (AvgIpc) is 2.72. The third kappa shape index (κ3) is 5.03. The maximum atomic E-state index is 13.5. The Morgan fingerprint density at radius 3 is 2.00 bits per heavy atom. The lowest BCUT2D eigenvalue weighted by Crippen LogP contribution is -2.42. The minimum atomic E-state index is -4.01. The molecule has 0 spiro atoms. The summed E-state index contributed by atoms with van der Waals surface area (Å²) in [4.78, 5) is 12.4. The number of halogens is 1. The van der Waals surface area contributed by atoms with E-state index < -0.39 is 22.0 Å². The monoisotopic (exact) mass is 428 g/mol. The van der Waals surface area contributed by atoms with Crippen LogP contribution in [0.5, 0.6) is 0 Å². The molecule has 0 aliphatic heterocycles. The Morgan fingerprint density at radius 1 is 0.897 bits per heavy atom. The number of amides is 1. The van der Waals surface area contributed by atoms with E-state index in [0.717, 1.165) is 5.56 Å². The number of primary amides is 1. The number of nitrogens with zero attached hydrogens (tertiary/aromatic N) is 1. The molecule has 7 heteroatoms. The molecule has 1 atom stereocenters. The van der Waals surface area contributed by atoms with Gasteiger partial charge in [0.25, 0.3) is 0 Å². The number of hydrogen-bond acceptors (Lipinski definition) is 3. The zero-order chi connectivity index (χ0) is 20.9. The first-order valence-electron chi connectivity index (χ1n) is 9.05. The van der Waals surface area contributed by atoms with Crippen molar-refractivity contribution in [2.45, 2.75) is 17.4 Å². The SMILES string of the molecule is NC(=O)[C@@H](c1ccccc1)N(CCc1ccccc1)S(=O)(=O)c1ccc(Cl)cc1. The lowest BCUT2D eigenvalue weighted by atomic mass is 10.1. The first kappa shape index (κ1) is 21.0. The largest absolute Gasteiger partial charge is 0.368 e. The summed E-state index contributed by atoms with van der Waals surface area (Å²) in [6.07, 6.45) is 0.435. The van der Waals surface area contributed by atoms with E-state index in [2.05, 4.69) is 0 Å². The normalized spacial score (nSPS) is 12.6. The molecular weight excluding hydrogens is 408 g/mol. The lowest BCUT2D eigenvalue weighted by molar-refractivity contribution is -0.121. The summed E-state index contributed by atoms with van der Waals surface area (Å²) in [7, 11) is -4.01. The molecule has 0 unspecified atom stereocenters. The number of nitrogens with two attached hydrogens (primary N) is 1. The van der Waals surface area contributed by atoms with E-state index in [1.54, 1.807) is 30.3 Å². The molecule has 3 rings (SSSR count). The molecular formula is C22H21ClN2O3S. The van der Waals surface area contributed by atoms with Gasteiger partial charge in [0, 0.05) is 11.6 Å². The maximum Gasteiger partial charge on any atom is 0.244 e. The molecule has 2 N–H and O–H groups in total. The summed E-state index contributed by atoms with van der Waals surface area (Å²) in [5.74, 6) is -0.734. The number of carbonyl (C=O) groups is 1. The molecule has 1 amide bonds. The second kappa shape index (κ2) is 9.22. The van der Waals surface area contributed by atoms with Gasteiger partial charge in [-0.15, -0.1) is 0 Å². The van der Waals surface area contributed by atoms with E-state index in [4.69, 9.17) is 17.3 Å². The minimum absolute atomic E-state index is 0.0529. The summed E-state index contributed by atoms with van der Waals surface area (Å²) in [5.41, 5.74) is 7.15. The molecule has 0 radical (unpaired) electrons. The zero-order valence-corrected chi connectivity index (χ0v) is 17.2. The van der Waals surface area contributed by atoms with Crippen molar-refractivity contribution in [2.75, 3.05) is 6.54 Å². The highest BCUT2D eigenvalue weighted by atomic mass is 35.5. The van der Waals surface area contributed by atoms with E-state index in [-0.39, 0.29) is 11.4 Å². The van der Waals surface area contributed by atoms with Gasteiger partial charge in [0.1, 0.15) is 6.04 Å². The molecule has 0 aromatic heterocycles. The van der Waals surface area contributed by atoms with Gasteiger partial charge in [-0.2, -0.15) is 4.31 Å². The van der Waals surface area contributed by atoms with Crippen LogP contribution in [0, 0.1) is 0 Å². The molecule has 0 fully saturated rings. The maximum absolute atomic E-state index is 13.5. The number of benzene rings is 3. The molecule has 0 saturated carbocycles. The molecule has 3 aromatic carbocycles. The van der Waals surface area contributed by atoms with Crippen molar-refractivity contribution in [3.63, 3.8) is 0 Å². The van der Waals surface area contributed by atoms with E-state index in [1.807, 2.05) is 30.3 Å². The molecule has 0 heterocycles. The molecule has 0 bridgehead atoms. The van der Waals surface area contributed by atoms with Crippen molar-refractivity contribution >= 4 is 27.5 Å². The van der Waals surface area contributed by atoms with Gasteiger partial charge in [-0.05, 0) is 41.8 Å². The summed E-state index contributed by atoms with van der Waals surface area (Å²) in [5, 5.41) is 0.425. The van der Waals surface area contributed by atoms with Crippen molar-refractivity contribution < 1.29 is 13.2 Å². The number of carbonyl (C=O) groups excluding carboxylic acids is 1.